The Morgan fingerprint density at radius 3 is 2.88 bits per heavy atom. The average molecular weight is 446 g/mol. The number of hydrogen-bond acceptors (Lipinski definition) is 4. The highest BCUT2D eigenvalue weighted by molar-refractivity contribution is 6.30. The quantitative estimate of drug-likeness (QED) is 0.430. The first kappa shape index (κ1) is 20.6. The van der Waals surface area contributed by atoms with Crippen LogP contribution in [-0.2, 0) is 11.2 Å². The van der Waals surface area contributed by atoms with Crippen LogP contribution in [0.2, 0.25) is 5.02 Å². The van der Waals surface area contributed by atoms with E-state index in [0.717, 1.165) is 53.2 Å². The van der Waals surface area contributed by atoms with Gasteiger partial charge in [-0.25, -0.2) is 9.97 Å². The van der Waals surface area contributed by atoms with Crippen molar-refractivity contribution < 1.29 is 4.79 Å². The smallest absolute Gasteiger partial charge is 0.223 e. The third-order valence-corrected chi connectivity index (χ3v) is 6.27. The third kappa shape index (κ3) is 3.98. The van der Waals surface area contributed by atoms with Crippen LogP contribution in [0, 0.1) is 6.92 Å². The van der Waals surface area contributed by atoms with Gasteiger partial charge >= 0.3 is 0 Å². The Bertz CT molecular complexity index is 1270. The van der Waals surface area contributed by atoms with E-state index in [2.05, 4.69) is 16.1 Å². The normalized spacial score (nSPS) is 16.1. The molecule has 4 heterocycles. The van der Waals surface area contributed by atoms with Gasteiger partial charge in [0.15, 0.2) is 11.5 Å². The maximum Gasteiger partial charge on any atom is 0.223 e. The van der Waals surface area contributed by atoms with Crippen molar-refractivity contribution >= 4 is 28.5 Å². The Hall–Kier alpha value is -3.25. The van der Waals surface area contributed by atoms with Gasteiger partial charge in [-0.05, 0) is 68.1 Å². The Morgan fingerprint density at radius 2 is 2.06 bits per heavy atom. The van der Waals surface area contributed by atoms with Crippen LogP contribution in [0.3, 0.4) is 0 Å². The minimum Gasteiger partial charge on any atom is -0.334 e. The molecule has 1 unspecified atom stereocenters. The molecule has 0 aliphatic carbocycles. The van der Waals surface area contributed by atoms with Crippen LogP contribution in [0.1, 0.15) is 42.3 Å². The molecule has 162 valence electrons. The zero-order valence-electron chi connectivity index (χ0n) is 17.9. The molecule has 32 heavy (non-hydrogen) atoms. The highest BCUT2D eigenvalue weighted by atomic mass is 35.5. The van der Waals surface area contributed by atoms with Gasteiger partial charge in [-0.1, -0.05) is 29.8 Å². The molecule has 1 fully saturated rings. The van der Waals surface area contributed by atoms with E-state index >= 15 is 0 Å². The monoisotopic (exact) mass is 445 g/mol. The van der Waals surface area contributed by atoms with Crippen molar-refractivity contribution in [2.75, 3.05) is 6.54 Å². The molecule has 0 bridgehead atoms. The van der Waals surface area contributed by atoms with E-state index in [0.29, 0.717) is 17.9 Å². The Kier molecular flexibility index (Phi) is 5.62. The number of carbonyl (C=O) groups excluding carboxylic acids is 1. The first-order valence-electron chi connectivity index (χ1n) is 10.9. The second-order valence-electron chi connectivity index (χ2n) is 8.17. The van der Waals surface area contributed by atoms with E-state index in [9.17, 15) is 4.79 Å². The molecule has 1 aromatic carbocycles. The fraction of sp³-hybridized carbons (Fsp3) is 0.280. The zero-order chi connectivity index (χ0) is 22.1. The van der Waals surface area contributed by atoms with E-state index < -0.39 is 0 Å². The molecule has 3 aromatic heterocycles. The molecule has 6 nitrogen and oxygen atoms in total. The fourth-order valence-corrected chi connectivity index (χ4v) is 4.66. The second-order valence-corrected chi connectivity index (χ2v) is 8.60. The molecule has 5 rings (SSSR count). The predicted molar refractivity (Wildman–Crippen MR) is 125 cm³/mol. The lowest BCUT2D eigenvalue weighted by atomic mass is 10.1. The number of pyridine rings is 2. The summed E-state index contributed by atoms with van der Waals surface area (Å²) in [5, 5.41) is 6.35. The van der Waals surface area contributed by atoms with Crippen LogP contribution >= 0.6 is 11.6 Å². The topological polar surface area (TPSA) is 63.9 Å². The van der Waals surface area contributed by atoms with Gasteiger partial charge in [-0.3, -0.25) is 4.79 Å². The number of carbonyl (C=O) groups is 1. The van der Waals surface area contributed by atoms with Gasteiger partial charge in [-0.2, -0.15) is 9.78 Å². The summed E-state index contributed by atoms with van der Waals surface area (Å²) in [6.45, 7) is 2.74. The first-order valence-corrected chi connectivity index (χ1v) is 11.3. The van der Waals surface area contributed by atoms with Gasteiger partial charge in [0.2, 0.25) is 5.91 Å². The molecule has 0 spiro atoms. The van der Waals surface area contributed by atoms with Crippen LogP contribution in [0.25, 0.3) is 16.9 Å². The van der Waals surface area contributed by atoms with Crippen LogP contribution in [0.5, 0.6) is 0 Å². The van der Waals surface area contributed by atoms with E-state index in [-0.39, 0.29) is 11.9 Å². The van der Waals surface area contributed by atoms with E-state index in [1.54, 1.807) is 10.9 Å². The lowest BCUT2D eigenvalue weighted by Gasteiger charge is -2.24. The van der Waals surface area contributed by atoms with Gasteiger partial charge < -0.3 is 4.90 Å². The number of amides is 1. The fourth-order valence-electron chi connectivity index (χ4n) is 4.44. The summed E-state index contributed by atoms with van der Waals surface area (Å²) in [5.41, 5.74) is 3.67. The van der Waals surface area contributed by atoms with Crippen LogP contribution in [0.15, 0.2) is 60.8 Å². The van der Waals surface area contributed by atoms with Gasteiger partial charge in [0, 0.05) is 29.6 Å². The van der Waals surface area contributed by atoms with Crippen molar-refractivity contribution in [3.8, 4) is 5.82 Å². The standard InChI is InChI=1S/C25H24ClN5O/c1-17-20-11-12-21(28-25(20)31(29-17)23-9-2-3-14-27-23)22-8-5-15-30(22)24(32)13-10-18-6-4-7-19(26)16-18/h2-4,6-7,9,11-12,14,16,22H,5,8,10,13,15H2,1H3. The SMILES string of the molecule is Cc1nn(-c2ccccn2)c2nc(C3CCCN3C(=O)CCc3cccc(Cl)c3)ccc12. The average Bonchev–Trinajstić information content (AvgIpc) is 3.43. The van der Waals surface area contributed by atoms with Crippen molar-refractivity contribution in [1.29, 1.82) is 0 Å². The maximum atomic E-state index is 13.1. The first-order chi connectivity index (χ1) is 15.6. The molecule has 4 aromatic rings. The van der Waals surface area contributed by atoms with Crippen LogP contribution < -0.4 is 0 Å². The predicted octanol–water partition coefficient (Wildman–Crippen LogP) is 5.07. The minimum absolute atomic E-state index is 0.0151. The molecule has 1 aliphatic rings. The molecule has 1 atom stereocenters. The number of benzene rings is 1. The highest BCUT2D eigenvalue weighted by Crippen LogP contribution is 2.33. The zero-order valence-corrected chi connectivity index (χ0v) is 18.7. The van der Waals surface area contributed by atoms with E-state index in [1.165, 1.54) is 0 Å². The summed E-state index contributed by atoms with van der Waals surface area (Å²) in [7, 11) is 0. The lowest BCUT2D eigenvalue weighted by Crippen LogP contribution is -2.31. The Labute approximate surface area is 191 Å². The summed E-state index contributed by atoms with van der Waals surface area (Å²) in [6.07, 6.45) is 4.79. The summed E-state index contributed by atoms with van der Waals surface area (Å²) >= 11 is 6.08. The van der Waals surface area contributed by atoms with E-state index in [1.807, 2.05) is 60.4 Å². The number of aryl methyl sites for hydroxylation is 2. The van der Waals surface area contributed by atoms with Gasteiger partial charge in [0.25, 0.3) is 0 Å². The molecule has 0 radical (unpaired) electrons. The number of hydrogen-bond donors (Lipinski definition) is 0. The molecule has 1 aliphatic heterocycles. The number of nitrogens with zero attached hydrogens (tertiary/aromatic N) is 5. The maximum absolute atomic E-state index is 13.1. The third-order valence-electron chi connectivity index (χ3n) is 6.03. The van der Waals surface area contributed by atoms with Crippen molar-refractivity contribution in [2.45, 2.75) is 38.6 Å². The molecule has 0 N–H and O–H groups in total. The van der Waals surface area contributed by atoms with E-state index in [4.69, 9.17) is 16.6 Å². The number of halogens is 1. The van der Waals surface area contributed by atoms with Crippen LogP contribution in [-0.4, -0.2) is 37.1 Å². The molecule has 7 heteroatoms. The molecule has 1 saturated heterocycles. The van der Waals surface area contributed by atoms with Crippen molar-refractivity contribution in [1.82, 2.24) is 24.6 Å². The van der Waals surface area contributed by atoms with Crippen molar-refractivity contribution in [3.05, 3.63) is 82.8 Å². The number of fused-ring (bicyclic) bond motifs is 1. The Balaban J connectivity index is 1.40. The van der Waals surface area contributed by atoms with Gasteiger partial charge in [-0.15, -0.1) is 0 Å². The largest absolute Gasteiger partial charge is 0.334 e. The second kappa shape index (κ2) is 8.71. The molecular weight excluding hydrogens is 422 g/mol. The Morgan fingerprint density at radius 1 is 1.16 bits per heavy atom. The van der Waals surface area contributed by atoms with Gasteiger partial charge in [0.05, 0.1) is 17.4 Å². The summed E-state index contributed by atoms with van der Waals surface area (Å²) in [5.74, 6) is 0.889. The number of rotatable bonds is 5. The summed E-state index contributed by atoms with van der Waals surface area (Å²) in [4.78, 5) is 24.5. The number of likely N-dealkylation sites (tertiary alicyclic amines) is 1. The minimum atomic E-state index is -0.0151. The van der Waals surface area contributed by atoms with Crippen molar-refractivity contribution in [3.63, 3.8) is 0 Å². The number of aromatic nitrogens is 4. The van der Waals surface area contributed by atoms with Gasteiger partial charge in [0.1, 0.15) is 0 Å². The highest BCUT2D eigenvalue weighted by Gasteiger charge is 2.31. The van der Waals surface area contributed by atoms with Crippen LogP contribution in [0.4, 0.5) is 0 Å². The molecule has 1 amide bonds. The summed E-state index contributed by atoms with van der Waals surface area (Å²) in [6, 6.07) is 17.5. The lowest BCUT2D eigenvalue weighted by molar-refractivity contribution is -0.132. The van der Waals surface area contributed by atoms with Crippen molar-refractivity contribution in [2.24, 2.45) is 0 Å². The summed E-state index contributed by atoms with van der Waals surface area (Å²) < 4.78 is 1.79. The molecule has 0 saturated carbocycles. The molecular formula is C25H24ClN5O.